The van der Waals surface area contributed by atoms with E-state index in [1.807, 2.05) is 30.9 Å². The molecule has 5 nitrogen and oxygen atoms in total. The first-order chi connectivity index (χ1) is 11.6. The van der Waals surface area contributed by atoms with Gasteiger partial charge >= 0.3 is 5.97 Å². The molecule has 0 spiro atoms. The van der Waals surface area contributed by atoms with E-state index in [0.717, 1.165) is 11.3 Å². The van der Waals surface area contributed by atoms with Gasteiger partial charge < -0.3 is 4.74 Å². The number of fused-ring (bicyclic) bond motifs is 2. The molecule has 0 radical (unpaired) electrons. The molecule has 3 heterocycles. The second kappa shape index (κ2) is 5.45. The summed E-state index contributed by atoms with van der Waals surface area (Å²) in [6, 6.07) is 13.1. The van der Waals surface area contributed by atoms with Crippen molar-refractivity contribution in [3.05, 3.63) is 71.5 Å². The largest absolute Gasteiger partial charge is 0.419 e. The van der Waals surface area contributed by atoms with Gasteiger partial charge in [0.2, 0.25) is 0 Å². The molecule has 0 fully saturated rings. The minimum atomic E-state index is -0.431. The number of ether oxygens (including phenoxy) is 1. The lowest BCUT2D eigenvalue weighted by Gasteiger charge is -2.24. The highest BCUT2D eigenvalue weighted by atomic mass is 16.5. The van der Waals surface area contributed by atoms with Gasteiger partial charge in [-0.25, -0.2) is 14.8 Å². The Morgan fingerprint density at radius 2 is 1.71 bits per heavy atom. The number of anilines is 3. The minimum absolute atomic E-state index is 0.412. The van der Waals surface area contributed by atoms with Crippen molar-refractivity contribution in [1.82, 2.24) is 9.97 Å². The van der Waals surface area contributed by atoms with Gasteiger partial charge in [0.15, 0.2) is 17.4 Å². The third kappa shape index (κ3) is 2.22. The highest BCUT2D eigenvalue weighted by Crippen LogP contribution is 2.42. The van der Waals surface area contributed by atoms with Gasteiger partial charge in [0.1, 0.15) is 5.56 Å². The Labute approximate surface area is 139 Å². The van der Waals surface area contributed by atoms with Crippen molar-refractivity contribution >= 4 is 23.3 Å². The first-order valence-corrected chi connectivity index (χ1v) is 7.65. The molecule has 24 heavy (non-hydrogen) atoms. The second-order valence-corrected chi connectivity index (χ2v) is 5.71. The molecule has 0 amide bonds. The summed E-state index contributed by atoms with van der Waals surface area (Å²) in [7, 11) is 0. The van der Waals surface area contributed by atoms with E-state index in [4.69, 9.17) is 4.74 Å². The first kappa shape index (κ1) is 14.4. The normalized spacial score (nSPS) is 12.9. The fourth-order valence-electron chi connectivity index (χ4n) is 2.90. The topological polar surface area (TPSA) is 55.3 Å². The number of carbonyl (C=O) groups is 1. The quantitative estimate of drug-likeness (QED) is 0.633. The van der Waals surface area contributed by atoms with Crippen molar-refractivity contribution in [3.63, 3.8) is 0 Å². The van der Waals surface area contributed by atoms with Crippen LogP contribution in [0, 0.1) is 13.8 Å². The number of rotatable bonds is 1. The maximum absolute atomic E-state index is 12.5. The molecule has 5 heteroatoms. The van der Waals surface area contributed by atoms with Crippen molar-refractivity contribution in [2.75, 3.05) is 4.90 Å². The van der Waals surface area contributed by atoms with Crippen molar-refractivity contribution in [3.8, 4) is 5.75 Å². The number of aryl methyl sites for hydroxylation is 2. The molecule has 4 rings (SSSR count). The van der Waals surface area contributed by atoms with Crippen LogP contribution in [-0.2, 0) is 0 Å². The standard InChI is InChI=1S/C19H15N3O2/c1-12-7-8-15(13(2)11-12)22-17-14(5-3-9-20-17)19(23)24-16-6-4-10-21-18(16)22/h3-11H,1-2H3. The van der Waals surface area contributed by atoms with E-state index in [2.05, 4.69) is 16.0 Å². The first-order valence-electron chi connectivity index (χ1n) is 7.65. The number of carbonyl (C=O) groups excluding carboxylic acids is 1. The van der Waals surface area contributed by atoms with E-state index in [9.17, 15) is 4.79 Å². The number of pyridine rings is 2. The molecule has 0 aliphatic carbocycles. The van der Waals surface area contributed by atoms with E-state index in [0.29, 0.717) is 22.9 Å². The molecule has 0 saturated carbocycles. The van der Waals surface area contributed by atoms with Gasteiger partial charge in [-0.1, -0.05) is 17.7 Å². The zero-order valence-corrected chi connectivity index (χ0v) is 13.4. The van der Waals surface area contributed by atoms with Crippen molar-refractivity contribution in [1.29, 1.82) is 0 Å². The van der Waals surface area contributed by atoms with Gasteiger partial charge in [0.25, 0.3) is 0 Å². The molecule has 0 saturated heterocycles. The Kier molecular flexibility index (Phi) is 3.27. The molecule has 1 aliphatic heterocycles. The lowest BCUT2D eigenvalue weighted by molar-refractivity contribution is 0.0738. The maximum Gasteiger partial charge on any atom is 0.347 e. The molecule has 3 aromatic rings. The Morgan fingerprint density at radius 3 is 2.50 bits per heavy atom. The van der Waals surface area contributed by atoms with Crippen LogP contribution in [0.3, 0.4) is 0 Å². The summed E-state index contributed by atoms with van der Waals surface area (Å²) < 4.78 is 5.52. The monoisotopic (exact) mass is 317 g/mol. The Hall–Kier alpha value is -3.21. The minimum Gasteiger partial charge on any atom is -0.419 e. The molecule has 1 aromatic carbocycles. The van der Waals surface area contributed by atoms with Crippen LogP contribution >= 0.6 is 0 Å². The molecule has 0 N–H and O–H groups in total. The maximum atomic E-state index is 12.5. The van der Waals surface area contributed by atoms with Crippen molar-refractivity contribution in [2.24, 2.45) is 0 Å². The average Bonchev–Trinajstić information content (AvgIpc) is 2.70. The van der Waals surface area contributed by atoms with Gasteiger partial charge in [-0.05, 0) is 49.7 Å². The summed E-state index contributed by atoms with van der Waals surface area (Å²) in [5.41, 5.74) is 3.56. The molecular formula is C19H15N3O2. The summed E-state index contributed by atoms with van der Waals surface area (Å²) in [5, 5.41) is 0. The van der Waals surface area contributed by atoms with Gasteiger partial charge in [-0.15, -0.1) is 0 Å². The third-order valence-electron chi connectivity index (χ3n) is 3.98. The van der Waals surface area contributed by atoms with Crippen LogP contribution in [0.15, 0.2) is 54.9 Å². The fourth-order valence-corrected chi connectivity index (χ4v) is 2.90. The lowest BCUT2D eigenvalue weighted by Crippen LogP contribution is -2.15. The van der Waals surface area contributed by atoms with Crippen molar-refractivity contribution < 1.29 is 9.53 Å². The Balaban J connectivity index is 2.04. The highest BCUT2D eigenvalue weighted by Gasteiger charge is 2.30. The number of aromatic nitrogens is 2. The number of benzene rings is 1. The Bertz CT molecular complexity index is 953. The van der Waals surface area contributed by atoms with Crippen LogP contribution in [0.5, 0.6) is 5.75 Å². The number of esters is 1. The van der Waals surface area contributed by atoms with E-state index in [1.165, 1.54) is 5.56 Å². The molecule has 118 valence electrons. The zero-order chi connectivity index (χ0) is 16.7. The predicted molar refractivity (Wildman–Crippen MR) is 91.1 cm³/mol. The van der Waals surface area contributed by atoms with Gasteiger partial charge in [-0.2, -0.15) is 0 Å². The molecule has 1 aliphatic rings. The van der Waals surface area contributed by atoms with Gasteiger partial charge in [0.05, 0.1) is 5.69 Å². The second-order valence-electron chi connectivity index (χ2n) is 5.71. The SMILES string of the molecule is Cc1ccc(N2c3ncccc3OC(=O)c3cccnc32)c(C)c1. The van der Waals surface area contributed by atoms with Crippen LogP contribution in [0.1, 0.15) is 21.5 Å². The van der Waals surface area contributed by atoms with E-state index in [-0.39, 0.29) is 0 Å². The summed E-state index contributed by atoms with van der Waals surface area (Å²) in [6.07, 6.45) is 3.34. The summed E-state index contributed by atoms with van der Waals surface area (Å²) in [6.45, 7) is 4.07. The number of hydrogen-bond acceptors (Lipinski definition) is 5. The van der Waals surface area contributed by atoms with Crippen LogP contribution in [0.25, 0.3) is 0 Å². The molecule has 0 atom stereocenters. The molecule has 0 bridgehead atoms. The third-order valence-corrected chi connectivity index (χ3v) is 3.98. The van der Waals surface area contributed by atoms with Crippen LogP contribution in [0.2, 0.25) is 0 Å². The Morgan fingerprint density at radius 1 is 0.958 bits per heavy atom. The fraction of sp³-hybridized carbons (Fsp3) is 0.105. The zero-order valence-electron chi connectivity index (χ0n) is 13.4. The highest BCUT2D eigenvalue weighted by molar-refractivity contribution is 6.01. The van der Waals surface area contributed by atoms with Gasteiger partial charge in [-0.3, -0.25) is 4.90 Å². The van der Waals surface area contributed by atoms with Crippen LogP contribution < -0.4 is 9.64 Å². The van der Waals surface area contributed by atoms with Crippen LogP contribution in [0.4, 0.5) is 17.3 Å². The van der Waals surface area contributed by atoms with E-state index >= 15 is 0 Å². The number of hydrogen-bond donors (Lipinski definition) is 0. The van der Waals surface area contributed by atoms with Crippen molar-refractivity contribution in [2.45, 2.75) is 13.8 Å². The molecule has 0 unspecified atom stereocenters. The van der Waals surface area contributed by atoms with E-state index < -0.39 is 5.97 Å². The van der Waals surface area contributed by atoms with Crippen LogP contribution in [-0.4, -0.2) is 15.9 Å². The predicted octanol–water partition coefficient (Wildman–Crippen LogP) is 4.10. The molecule has 2 aromatic heterocycles. The summed E-state index contributed by atoms with van der Waals surface area (Å²) in [4.78, 5) is 23.2. The number of nitrogens with zero attached hydrogens (tertiary/aromatic N) is 3. The van der Waals surface area contributed by atoms with Gasteiger partial charge in [0, 0.05) is 12.4 Å². The summed E-state index contributed by atoms with van der Waals surface area (Å²) in [5.74, 6) is 1.06. The smallest absolute Gasteiger partial charge is 0.347 e. The summed E-state index contributed by atoms with van der Waals surface area (Å²) >= 11 is 0. The average molecular weight is 317 g/mol. The van der Waals surface area contributed by atoms with E-state index in [1.54, 1.807) is 36.7 Å². The lowest BCUT2D eigenvalue weighted by atomic mass is 10.1. The molecular weight excluding hydrogens is 302 g/mol.